The zero-order chi connectivity index (χ0) is 19.6. The van der Waals surface area contributed by atoms with Crippen LogP contribution in [0.25, 0.3) is 0 Å². The van der Waals surface area contributed by atoms with Gasteiger partial charge in [0.2, 0.25) is 0 Å². The first-order valence-electron chi connectivity index (χ1n) is 10.2. The predicted molar refractivity (Wildman–Crippen MR) is 107 cm³/mol. The lowest BCUT2D eigenvalue weighted by Crippen LogP contribution is -2.10. The molecule has 5 heteroatoms. The molecule has 0 aliphatic heterocycles. The molecule has 0 amide bonds. The molecule has 0 N–H and O–H groups in total. The van der Waals surface area contributed by atoms with Crippen LogP contribution >= 0.6 is 11.6 Å². The lowest BCUT2D eigenvalue weighted by atomic mass is 10.1. The lowest BCUT2D eigenvalue weighted by Gasteiger charge is -2.09. The minimum atomic E-state index is -0.225. The van der Waals surface area contributed by atoms with E-state index in [1.54, 1.807) is 6.92 Å². The largest absolute Gasteiger partial charge is 0.461 e. The summed E-state index contributed by atoms with van der Waals surface area (Å²) in [6, 6.07) is 0. The fourth-order valence-electron chi connectivity index (χ4n) is 2.42. The van der Waals surface area contributed by atoms with Crippen molar-refractivity contribution in [3.63, 3.8) is 0 Å². The first-order valence-corrected chi connectivity index (χ1v) is 10.5. The van der Waals surface area contributed by atoms with Gasteiger partial charge in [0, 0.05) is 12.8 Å². The molecule has 0 saturated carbocycles. The van der Waals surface area contributed by atoms with Crippen molar-refractivity contribution in [2.24, 2.45) is 0 Å². The van der Waals surface area contributed by atoms with Crippen molar-refractivity contribution >= 4 is 23.5 Å². The highest BCUT2D eigenvalue weighted by Gasteiger charge is 2.08. The smallest absolute Gasteiger partial charge is 0.306 e. The first kappa shape index (κ1) is 25.0. The number of hydrogen-bond acceptors (Lipinski definition) is 4. The molecule has 0 rings (SSSR count). The Morgan fingerprint density at radius 3 is 1.58 bits per heavy atom. The van der Waals surface area contributed by atoms with E-state index in [0.717, 1.165) is 37.7 Å². The fraction of sp³-hybridized carbons (Fsp3) is 0.810. The maximum Gasteiger partial charge on any atom is 0.306 e. The number of ether oxygens (including phenoxy) is 2. The van der Waals surface area contributed by atoms with Crippen LogP contribution in [0.3, 0.4) is 0 Å². The van der Waals surface area contributed by atoms with E-state index in [9.17, 15) is 9.59 Å². The van der Waals surface area contributed by atoms with Gasteiger partial charge >= 0.3 is 11.9 Å². The number of rotatable bonds is 16. The second kappa shape index (κ2) is 17.4. The van der Waals surface area contributed by atoms with E-state index < -0.39 is 0 Å². The Balaban J connectivity index is 3.85. The monoisotopic (exact) mass is 388 g/mol. The maximum absolute atomic E-state index is 11.7. The highest BCUT2D eigenvalue weighted by molar-refractivity contribution is 6.30. The van der Waals surface area contributed by atoms with Crippen molar-refractivity contribution in [2.75, 3.05) is 13.2 Å². The van der Waals surface area contributed by atoms with Crippen LogP contribution in [0.2, 0.25) is 0 Å². The molecule has 152 valence electrons. The third-order valence-corrected chi connectivity index (χ3v) is 4.67. The first-order chi connectivity index (χ1) is 12.5. The van der Waals surface area contributed by atoms with Crippen LogP contribution in [0, 0.1) is 0 Å². The van der Waals surface area contributed by atoms with E-state index >= 15 is 0 Å². The Kier molecular flexibility index (Phi) is 16.7. The maximum atomic E-state index is 11.7. The number of halogens is 1. The molecule has 0 aromatic heterocycles. The Morgan fingerprint density at radius 1 is 0.692 bits per heavy atom. The summed E-state index contributed by atoms with van der Waals surface area (Å²) in [6.45, 7) is 6.32. The zero-order valence-electron chi connectivity index (χ0n) is 16.9. The molecule has 0 aliphatic carbocycles. The number of carbonyl (C=O) groups is 2. The van der Waals surface area contributed by atoms with Gasteiger partial charge in [0.1, 0.15) is 13.2 Å². The predicted octanol–water partition coefficient (Wildman–Crippen LogP) is 6.31. The summed E-state index contributed by atoms with van der Waals surface area (Å²) in [5, 5.41) is 0.431. The topological polar surface area (TPSA) is 52.6 Å². The molecule has 0 fully saturated rings. The van der Waals surface area contributed by atoms with Gasteiger partial charge in [-0.1, -0.05) is 76.8 Å². The third kappa shape index (κ3) is 15.2. The van der Waals surface area contributed by atoms with Crippen LogP contribution in [0.1, 0.15) is 97.8 Å². The highest BCUT2D eigenvalue weighted by Crippen LogP contribution is 2.13. The van der Waals surface area contributed by atoms with Crippen LogP contribution in [0.5, 0.6) is 0 Å². The highest BCUT2D eigenvalue weighted by atomic mass is 35.5. The average molecular weight is 389 g/mol. The zero-order valence-corrected chi connectivity index (χ0v) is 17.7. The van der Waals surface area contributed by atoms with Gasteiger partial charge in [0.15, 0.2) is 0 Å². The van der Waals surface area contributed by atoms with Crippen molar-refractivity contribution in [1.82, 2.24) is 0 Å². The number of hydrogen-bond donors (Lipinski definition) is 0. The van der Waals surface area contributed by atoms with Gasteiger partial charge in [0.05, 0.1) is 5.03 Å². The molecule has 0 radical (unpaired) electrons. The van der Waals surface area contributed by atoms with Gasteiger partial charge in [-0.3, -0.25) is 9.59 Å². The number of esters is 2. The van der Waals surface area contributed by atoms with Crippen LogP contribution in [0.4, 0.5) is 0 Å². The van der Waals surface area contributed by atoms with E-state index in [-0.39, 0.29) is 25.2 Å². The van der Waals surface area contributed by atoms with Crippen LogP contribution in [0.15, 0.2) is 10.6 Å². The Hall–Kier alpha value is -1.03. The molecule has 0 aliphatic rings. The minimum Gasteiger partial charge on any atom is -0.461 e. The van der Waals surface area contributed by atoms with E-state index in [4.69, 9.17) is 21.1 Å². The summed E-state index contributed by atoms with van der Waals surface area (Å²) in [5.41, 5.74) is 0.724. The Labute approximate surface area is 164 Å². The molecule has 4 nitrogen and oxygen atoms in total. The second-order valence-electron chi connectivity index (χ2n) is 6.84. The van der Waals surface area contributed by atoms with Gasteiger partial charge in [-0.25, -0.2) is 0 Å². The van der Waals surface area contributed by atoms with E-state index in [0.29, 0.717) is 17.9 Å². The molecule has 0 heterocycles. The average Bonchev–Trinajstić information content (AvgIpc) is 2.63. The van der Waals surface area contributed by atoms with Crippen molar-refractivity contribution in [3.05, 3.63) is 10.6 Å². The van der Waals surface area contributed by atoms with E-state index in [1.165, 1.54) is 32.1 Å². The standard InChI is InChI=1S/C21H37ClO4/c1-4-6-8-10-12-14-20(23)25-16-18(3)19(22)17-26-21(24)15-13-11-9-7-5-2/h4-17H2,1-3H3. The van der Waals surface area contributed by atoms with Gasteiger partial charge in [-0.15, -0.1) is 0 Å². The van der Waals surface area contributed by atoms with Gasteiger partial charge in [-0.2, -0.15) is 0 Å². The SMILES string of the molecule is CCCCCCCC(=O)OCC(C)=C(Cl)COC(=O)CCCCCCC. The summed E-state index contributed by atoms with van der Waals surface area (Å²) in [7, 11) is 0. The van der Waals surface area contributed by atoms with Crippen molar-refractivity contribution in [1.29, 1.82) is 0 Å². The van der Waals surface area contributed by atoms with Crippen LogP contribution in [-0.2, 0) is 19.1 Å². The molecule has 0 aromatic rings. The van der Waals surface area contributed by atoms with Gasteiger partial charge < -0.3 is 9.47 Å². The van der Waals surface area contributed by atoms with E-state index in [1.807, 2.05) is 0 Å². The Bertz CT molecular complexity index is 380. The van der Waals surface area contributed by atoms with Gasteiger partial charge in [0.25, 0.3) is 0 Å². The lowest BCUT2D eigenvalue weighted by molar-refractivity contribution is -0.144. The molecular formula is C21H37ClO4. The molecule has 0 atom stereocenters. The van der Waals surface area contributed by atoms with Crippen molar-refractivity contribution in [2.45, 2.75) is 97.8 Å². The molecule has 0 unspecified atom stereocenters. The molecule has 0 spiro atoms. The van der Waals surface area contributed by atoms with Crippen molar-refractivity contribution in [3.8, 4) is 0 Å². The summed E-state index contributed by atoms with van der Waals surface area (Å²) in [4.78, 5) is 23.4. The molecule has 0 bridgehead atoms. The summed E-state index contributed by atoms with van der Waals surface area (Å²) in [6.07, 6.45) is 11.8. The fourth-order valence-corrected chi connectivity index (χ4v) is 2.53. The minimum absolute atomic E-state index is 0.0513. The molecular weight excluding hydrogens is 352 g/mol. The second-order valence-corrected chi connectivity index (χ2v) is 7.29. The third-order valence-electron chi connectivity index (χ3n) is 4.24. The molecule has 0 saturated heterocycles. The van der Waals surface area contributed by atoms with E-state index in [2.05, 4.69) is 13.8 Å². The quantitative estimate of drug-likeness (QED) is 0.230. The normalized spacial score (nSPS) is 11.8. The van der Waals surface area contributed by atoms with Crippen LogP contribution < -0.4 is 0 Å². The number of carbonyl (C=O) groups excluding carboxylic acids is 2. The Morgan fingerprint density at radius 2 is 1.12 bits per heavy atom. The van der Waals surface area contributed by atoms with Crippen molar-refractivity contribution < 1.29 is 19.1 Å². The summed E-state index contributed by atoms with van der Waals surface area (Å²) in [5.74, 6) is -0.425. The molecule has 0 aromatic carbocycles. The van der Waals surface area contributed by atoms with Crippen LogP contribution in [-0.4, -0.2) is 25.2 Å². The molecule has 26 heavy (non-hydrogen) atoms. The number of unbranched alkanes of at least 4 members (excludes halogenated alkanes) is 8. The summed E-state index contributed by atoms with van der Waals surface area (Å²) < 4.78 is 10.4. The van der Waals surface area contributed by atoms with Gasteiger partial charge in [-0.05, 0) is 25.3 Å². The summed E-state index contributed by atoms with van der Waals surface area (Å²) >= 11 is 6.13.